The van der Waals surface area contributed by atoms with E-state index < -0.39 is 0 Å². The Bertz CT molecular complexity index is 1030. The fraction of sp³-hybridized carbons (Fsp3) is 0.318. The predicted octanol–water partition coefficient (Wildman–Crippen LogP) is 3.12. The second-order valence-electron chi connectivity index (χ2n) is 7.26. The van der Waals surface area contributed by atoms with E-state index in [1.165, 1.54) is 12.1 Å². The van der Waals surface area contributed by atoms with Crippen molar-refractivity contribution in [3.63, 3.8) is 0 Å². The standard InChI is InChI=1S/C22H22FN5O2/c23-17-4-1-5-18(13-17)28-8-6-19-20(28)25-22(27-9-11-29-12-10-27)26-21(19)30-15-16-3-2-7-24-14-16/h1-5,7,13-14H,6,8-12,15H2. The number of rotatable bonds is 5. The molecule has 30 heavy (non-hydrogen) atoms. The zero-order chi connectivity index (χ0) is 20.3. The van der Waals surface area contributed by atoms with Crippen molar-refractivity contribution in [3.8, 4) is 5.88 Å². The van der Waals surface area contributed by atoms with Gasteiger partial charge in [-0.1, -0.05) is 12.1 Å². The van der Waals surface area contributed by atoms with Crippen LogP contribution in [0, 0.1) is 5.82 Å². The normalized spacial score (nSPS) is 15.9. The maximum Gasteiger partial charge on any atom is 0.230 e. The van der Waals surface area contributed by atoms with Crippen LogP contribution in [0.4, 0.5) is 21.8 Å². The van der Waals surface area contributed by atoms with E-state index in [9.17, 15) is 4.39 Å². The van der Waals surface area contributed by atoms with Crippen molar-refractivity contribution >= 4 is 17.5 Å². The molecule has 0 N–H and O–H groups in total. The van der Waals surface area contributed by atoms with Gasteiger partial charge in [-0.25, -0.2) is 4.39 Å². The van der Waals surface area contributed by atoms with Crippen molar-refractivity contribution in [3.05, 3.63) is 65.7 Å². The maximum atomic E-state index is 13.8. The van der Waals surface area contributed by atoms with Crippen LogP contribution in [0.2, 0.25) is 0 Å². The van der Waals surface area contributed by atoms with Gasteiger partial charge in [0.2, 0.25) is 11.8 Å². The lowest BCUT2D eigenvalue weighted by Gasteiger charge is -2.28. The van der Waals surface area contributed by atoms with Crippen LogP contribution in [0.5, 0.6) is 5.88 Å². The first kappa shape index (κ1) is 18.7. The number of nitrogens with zero attached hydrogens (tertiary/aromatic N) is 5. The molecule has 0 atom stereocenters. The molecule has 4 heterocycles. The van der Waals surface area contributed by atoms with Crippen LogP contribution in [0.15, 0.2) is 48.8 Å². The molecule has 0 unspecified atom stereocenters. The Kier molecular flexibility index (Phi) is 5.15. The number of fused-ring (bicyclic) bond motifs is 1. The van der Waals surface area contributed by atoms with Gasteiger partial charge in [0, 0.05) is 43.3 Å². The van der Waals surface area contributed by atoms with Gasteiger partial charge >= 0.3 is 0 Å². The zero-order valence-corrected chi connectivity index (χ0v) is 16.5. The Morgan fingerprint density at radius 3 is 2.77 bits per heavy atom. The molecule has 1 aromatic carbocycles. The molecular weight excluding hydrogens is 385 g/mol. The van der Waals surface area contributed by atoms with Gasteiger partial charge in [-0.15, -0.1) is 0 Å². The molecule has 0 aliphatic carbocycles. The number of anilines is 3. The predicted molar refractivity (Wildman–Crippen MR) is 111 cm³/mol. The van der Waals surface area contributed by atoms with E-state index in [-0.39, 0.29) is 5.82 Å². The van der Waals surface area contributed by atoms with Gasteiger partial charge in [0.25, 0.3) is 0 Å². The molecule has 1 saturated heterocycles. The highest BCUT2D eigenvalue weighted by atomic mass is 19.1. The average Bonchev–Trinajstić information content (AvgIpc) is 3.23. The molecule has 2 aliphatic rings. The van der Waals surface area contributed by atoms with Crippen molar-refractivity contribution in [1.82, 2.24) is 15.0 Å². The van der Waals surface area contributed by atoms with E-state index in [0.29, 0.717) is 38.2 Å². The third-order valence-corrected chi connectivity index (χ3v) is 5.29. The van der Waals surface area contributed by atoms with Crippen molar-refractivity contribution in [2.75, 3.05) is 42.6 Å². The molecule has 154 valence electrons. The van der Waals surface area contributed by atoms with Crippen molar-refractivity contribution in [2.45, 2.75) is 13.0 Å². The molecule has 0 radical (unpaired) electrons. The summed E-state index contributed by atoms with van der Waals surface area (Å²) >= 11 is 0. The number of benzene rings is 1. The van der Waals surface area contributed by atoms with Crippen LogP contribution in [-0.2, 0) is 17.8 Å². The highest BCUT2D eigenvalue weighted by molar-refractivity contribution is 5.69. The van der Waals surface area contributed by atoms with Gasteiger partial charge in [0.15, 0.2) is 0 Å². The molecule has 2 aliphatic heterocycles. The number of halogens is 1. The number of aromatic nitrogens is 3. The summed E-state index contributed by atoms with van der Waals surface area (Å²) in [5.41, 5.74) is 2.69. The fourth-order valence-electron chi connectivity index (χ4n) is 3.77. The fourth-order valence-corrected chi connectivity index (χ4v) is 3.77. The largest absolute Gasteiger partial charge is 0.472 e. The Hall–Kier alpha value is -3.26. The molecule has 1 fully saturated rings. The van der Waals surface area contributed by atoms with Gasteiger partial charge < -0.3 is 19.3 Å². The first-order valence-corrected chi connectivity index (χ1v) is 10.1. The monoisotopic (exact) mass is 407 g/mol. The van der Waals surface area contributed by atoms with Crippen LogP contribution in [-0.4, -0.2) is 47.8 Å². The van der Waals surface area contributed by atoms with Crippen LogP contribution >= 0.6 is 0 Å². The van der Waals surface area contributed by atoms with Gasteiger partial charge in [0.1, 0.15) is 18.2 Å². The quantitative estimate of drug-likeness (QED) is 0.644. The number of pyridine rings is 1. The minimum Gasteiger partial charge on any atom is -0.472 e. The van der Waals surface area contributed by atoms with E-state index in [1.807, 2.05) is 23.1 Å². The number of hydrogen-bond donors (Lipinski definition) is 0. The van der Waals surface area contributed by atoms with Gasteiger partial charge in [-0.05, 0) is 30.7 Å². The third-order valence-electron chi connectivity index (χ3n) is 5.29. The summed E-state index contributed by atoms with van der Waals surface area (Å²) in [6, 6.07) is 10.4. The highest BCUT2D eigenvalue weighted by Crippen LogP contribution is 2.39. The molecule has 2 aromatic heterocycles. The molecule has 7 nitrogen and oxygen atoms in total. The summed E-state index contributed by atoms with van der Waals surface area (Å²) in [5, 5.41) is 0. The van der Waals surface area contributed by atoms with E-state index in [4.69, 9.17) is 19.4 Å². The first-order valence-electron chi connectivity index (χ1n) is 10.1. The molecular formula is C22H22FN5O2. The van der Waals surface area contributed by atoms with Crippen molar-refractivity contribution in [1.29, 1.82) is 0 Å². The summed E-state index contributed by atoms with van der Waals surface area (Å²) in [5.74, 6) is 1.69. The molecule has 0 amide bonds. The minimum atomic E-state index is -0.267. The minimum absolute atomic E-state index is 0.267. The Morgan fingerprint density at radius 1 is 1.07 bits per heavy atom. The summed E-state index contributed by atoms with van der Waals surface area (Å²) in [6.07, 6.45) is 4.25. The van der Waals surface area contributed by atoms with E-state index in [1.54, 1.807) is 18.5 Å². The van der Waals surface area contributed by atoms with E-state index >= 15 is 0 Å². The average molecular weight is 407 g/mol. The number of ether oxygens (including phenoxy) is 2. The van der Waals surface area contributed by atoms with E-state index in [2.05, 4.69) is 9.88 Å². The molecule has 0 bridgehead atoms. The van der Waals surface area contributed by atoms with Crippen LogP contribution in [0.1, 0.15) is 11.1 Å². The Balaban J connectivity index is 1.51. The lowest BCUT2D eigenvalue weighted by molar-refractivity contribution is 0.122. The maximum absolute atomic E-state index is 13.8. The SMILES string of the molecule is Fc1cccc(N2CCc3c(OCc4cccnc4)nc(N4CCOCC4)nc32)c1. The number of hydrogen-bond acceptors (Lipinski definition) is 7. The summed E-state index contributed by atoms with van der Waals surface area (Å²) in [7, 11) is 0. The smallest absolute Gasteiger partial charge is 0.230 e. The molecule has 3 aromatic rings. The molecule has 8 heteroatoms. The topological polar surface area (TPSA) is 63.6 Å². The molecule has 5 rings (SSSR count). The number of morpholine rings is 1. The Labute approximate surface area is 174 Å². The Morgan fingerprint density at radius 2 is 1.97 bits per heavy atom. The lowest BCUT2D eigenvalue weighted by Crippen LogP contribution is -2.37. The first-order chi connectivity index (χ1) is 14.8. The van der Waals surface area contributed by atoms with E-state index in [0.717, 1.165) is 42.1 Å². The summed E-state index contributed by atoms with van der Waals surface area (Å²) < 4.78 is 25.4. The molecule has 0 saturated carbocycles. The summed E-state index contributed by atoms with van der Waals surface area (Å²) in [4.78, 5) is 17.9. The zero-order valence-electron chi connectivity index (χ0n) is 16.5. The third kappa shape index (κ3) is 3.78. The molecule has 0 spiro atoms. The van der Waals surface area contributed by atoms with Gasteiger partial charge in [-0.3, -0.25) is 4.98 Å². The van der Waals surface area contributed by atoms with Crippen molar-refractivity contribution in [2.24, 2.45) is 0 Å². The van der Waals surface area contributed by atoms with Crippen LogP contribution in [0.3, 0.4) is 0 Å². The second kappa shape index (κ2) is 8.23. The summed E-state index contributed by atoms with van der Waals surface area (Å²) in [6.45, 7) is 3.80. The highest BCUT2D eigenvalue weighted by Gasteiger charge is 2.29. The van der Waals surface area contributed by atoms with Crippen LogP contribution in [0.25, 0.3) is 0 Å². The lowest BCUT2D eigenvalue weighted by atomic mass is 10.2. The van der Waals surface area contributed by atoms with Gasteiger partial charge in [-0.2, -0.15) is 9.97 Å². The van der Waals surface area contributed by atoms with Crippen LogP contribution < -0.4 is 14.5 Å². The van der Waals surface area contributed by atoms with Crippen molar-refractivity contribution < 1.29 is 13.9 Å². The second-order valence-corrected chi connectivity index (χ2v) is 7.26. The van der Waals surface area contributed by atoms with Gasteiger partial charge in [0.05, 0.1) is 18.8 Å².